The molecular weight excluding hydrogens is 379 g/mol. The molecule has 1 aromatic carbocycles. The Morgan fingerprint density at radius 1 is 1.04 bits per heavy atom. The number of anilines is 1. The molecule has 0 spiro atoms. The van der Waals surface area contributed by atoms with Crippen molar-refractivity contribution in [3.8, 4) is 11.4 Å². The fraction of sp³-hybridized carbons (Fsp3) is 0.0526. The minimum absolute atomic E-state index is 0.132. The maximum absolute atomic E-state index is 13.0. The molecule has 28 heavy (non-hydrogen) atoms. The fourth-order valence-corrected chi connectivity index (χ4v) is 3.30. The summed E-state index contributed by atoms with van der Waals surface area (Å²) in [5.41, 5.74) is 1.40. The van der Waals surface area contributed by atoms with E-state index in [1.807, 2.05) is 46.0 Å². The predicted octanol–water partition coefficient (Wildman–Crippen LogP) is 3.32. The van der Waals surface area contributed by atoms with E-state index < -0.39 is 0 Å². The van der Waals surface area contributed by atoms with E-state index in [4.69, 9.17) is 0 Å². The highest BCUT2D eigenvalue weighted by atomic mass is 32.2. The molecule has 0 aliphatic carbocycles. The molecule has 0 aliphatic rings. The summed E-state index contributed by atoms with van der Waals surface area (Å²) in [4.78, 5) is 16.3. The lowest BCUT2D eigenvalue weighted by atomic mass is 10.2. The Morgan fingerprint density at radius 3 is 2.46 bits per heavy atom. The summed E-state index contributed by atoms with van der Waals surface area (Å²) in [6, 6.07) is 13.1. The number of hydrogen-bond donors (Lipinski definition) is 1. The Balaban J connectivity index is 1.54. The van der Waals surface area contributed by atoms with Gasteiger partial charge in [-0.2, -0.15) is 0 Å². The third-order valence-electron chi connectivity index (χ3n) is 3.83. The van der Waals surface area contributed by atoms with Crippen LogP contribution < -0.4 is 5.32 Å². The Bertz CT molecular complexity index is 1060. The molecule has 0 unspecified atom stereocenters. The highest BCUT2D eigenvalue weighted by Crippen LogP contribution is 2.24. The molecule has 0 radical (unpaired) electrons. The van der Waals surface area contributed by atoms with Crippen molar-refractivity contribution in [2.45, 2.75) is 5.16 Å². The highest BCUT2D eigenvalue weighted by Gasteiger charge is 2.17. The van der Waals surface area contributed by atoms with Crippen LogP contribution in [-0.4, -0.2) is 36.2 Å². The van der Waals surface area contributed by atoms with Gasteiger partial charge in [-0.1, -0.05) is 11.8 Å². The average molecular weight is 394 g/mol. The summed E-state index contributed by atoms with van der Waals surface area (Å²) in [6.07, 6.45) is 7.12. The Kier molecular flexibility index (Phi) is 5.16. The first-order chi connectivity index (χ1) is 13.7. The van der Waals surface area contributed by atoms with Gasteiger partial charge in [0.1, 0.15) is 5.82 Å². The van der Waals surface area contributed by atoms with Gasteiger partial charge in [0.2, 0.25) is 11.1 Å². The van der Waals surface area contributed by atoms with Crippen molar-refractivity contribution in [2.24, 2.45) is 0 Å². The lowest BCUT2D eigenvalue weighted by Crippen LogP contribution is -2.15. The van der Waals surface area contributed by atoms with E-state index >= 15 is 0 Å². The maximum atomic E-state index is 13.0. The minimum atomic E-state index is -0.351. The zero-order valence-corrected chi connectivity index (χ0v) is 15.4. The lowest BCUT2D eigenvalue weighted by Gasteiger charge is -2.11. The van der Waals surface area contributed by atoms with Gasteiger partial charge in [-0.3, -0.25) is 14.5 Å². The molecule has 9 heteroatoms. The van der Waals surface area contributed by atoms with Crippen LogP contribution in [0, 0.1) is 5.82 Å². The van der Waals surface area contributed by atoms with Crippen LogP contribution in [0.1, 0.15) is 0 Å². The van der Waals surface area contributed by atoms with Crippen molar-refractivity contribution in [3.63, 3.8) is 0 Å². The number of carbonyl (C=O) groups is 1. The number of thioether (sulfide) groups is 1. The second kappa shape index (κ2) is 8.05. The summed E-state index contributed by atoms with van der Waals surface area (Å²) in [7, 11) is 0. The minimum Gasteiger partial charge on any atom is -0.325 e. The second-order valence-corrected chi connectivity index (χ2v) is 6.70. The van der Waals surface area contributed by atoms with Gasteiger partial charge in [0, 0.05) is 36.0 Å². The SMILES string of the molecule is O=C(CSc1nnc(-c2ccncc2)n1-n1cccc1)Nc1ccc(F)cc1. The molecule has 7 nitrogen and oxygen atoms in total. The van der Waals surface area contributed by atoms with E-state index in [9.17, 15) is 9.18 Å². The second-order valence-electron chi connectivity index (χ2n) is 5.76. The fourth-order valence-electron chi connectivity index (χ4n) is 2.56. The van der Waals surface area contributed by atoms with Gasteiger partial charge in [0.05, 0.1) is 5.75 Å². The van der Waals surface area contributed by atoms with Gasteiger partial charge in [-0.25, -0.2) is 9.07 Å². The van der Waals surface area contributed by atoms with Crippen molar-refractivity contribution in [1.82, 2.24) is 24.5 Å². The molecule has 0 bridgehead atoms. The van der Waals surface area contributed by atoms with Gasteiger partial charge in [-0.05, 0) is 48.5 Å². The first-order valence-electron chi connectivity index (χ1n) is 8.38. The van der Waals surface area contributed by atoms with Gasteiger partial charge in [0.25, 0.3) is 0 Å². The van der Waals surface area contributed by atoms with Crippen LogP contribution in [0.25, 0.3) is 11.4 Å². The predicted molar refractivity (Wildman–Crippen MR) is 104 cm³/mol. The number of benzene rings is 1. The third kappa shape index (κ3) is 3.94. The molecule has 0 aliphatic heterocycles. The first kappa shape index (κ1) is 17.9. The van der Waals surface area contributed by atoms with Crippen LogP contribution >= 0.6 is 11.8 Å². The quantitative estimate of drug-likeness (QED) is 0.508. The van der Waals surface area contributed by atoms with Gasteiger partial charge in [0.15, 0.2) is 5.82 Å². The van der Waals surface area contributed by atoms with Gasteiger partial charge in [-0.15, -0.1) is 10.2 Å². The summed E-state index contributed by atoms with van der Waals surface area (Å²) < 4.78 is 16.6. The standard InChI is InChI=1S/C19H15FN6OS/c20-15-3-5-16(6-4-15)22-17(27)13-28-19-24-23-18(14-7-9-21-10-8-14)26(19)25-11-1-2-12-25/h1-12H,13H2,(H,22,27). The molecule has 0 fully saturated rings. The summed E-state index contributed by atoms with van der Waals surface area (Å²) in [5, 5.41) is 11.8. The van der Waals surface area contributed by atoms with E-state index in [0.717, 1.165) is 5.56 Å². The molecule has 1 amide bonds. The van der Waals surface area contributed by atoms with E-state index in [1.165, 1.54) is 36.0 Å². The number of aromatic nitrogens is 5. The summed E-state index contributed by atoms with van der Waals surface area (Å²) in [6.45, 7) is 0. The molecule has 4 aromatic rings. The molecule has 0 saturated heterocycles. The summed E-state index contributed by atoms with van der Waals surface area (Å²) >= 11 is 1.26. The Labute approximate surface area is 164 Å². The van der Waals surface area contributed by atoms with E-state index in [2.05, 4.69) is 20.5 Å². The number of halogens is 1. The molecule has 0 saturated carbocycles. The molecule has 0 atom stereocenters. The number of hydrogen-bond acceptors (Lipinski definition) is 5. The van der Waals surface area contributed by atoms with Crippen LogP contribution in [0.2, 0.25) is 0 Å². The number of nitrogens with zero attached hydrogens (tertiary/aromatic N) is 5. The number of rotatable bonds is 6. The lowest BCUT2D eigenvalue weighted by molar-refractivity contribution is -0.113. The average Bonchev–Trinajstić information content (AvgIpc) is 3.38. The van der Waals surface area contributed by atoms with Crippen molar-refractivity contribution in [2.75, 3.05) is 11.1 Å². The maximum Gasteiger partial charge on any atom is 0.234 e. The largest absolute Gasteiger partial charge is 0.325 e. The molecule has 3 heterocycles. The molecule has 140 valence electrons. The van der Waals surface area contributed by atoms with Crippen molar-refractivity contribution < 1.29 is 9.18 Å². The zero-order valence-electron chi connectivity index (χ0n) is 14.6. The molecular formula is C19H15FN6OS. The van der Waals surface area contributed by atoms with Gasteiger partial charge < -0.3 is 5.32 Å². The van der Waals surface area contributed by atoms with E-state index in [1.54, 1.807) is 12.4 Å². The van der Waals surface area contributed by atoms with E-state index in [-0.39, 0.29) is 17.5 Å². The number of pyridine rings is 1. The zero-order chi connectivity index (χ0) is 19.3. The van der Waals surface area contributed by atoms with Crippen molar-refractivity contribution in [1.29, 1.82) is 0 Å². The first-order valence-corrected chi connectivity index (χ1v) is 9.37. The summed E-state index contributed by atoms with van der Waals surface area (Å²) in [5.74, 6) is 0.202. The molecule has 3 aromatic heterocycles. The monoisotopic (exact) mass is 394 g/mol. The number of amides is 1. The van der Waals surface area contributed by atoms with Crippen LogP contribution in [0.5, 0.6) is 0 Å². The smallest absolute Gasteiger partial charge is 0.234 e. The number of carbonyl (C=O) groups excluding carboxylic acids is 1. The van der Waals surface area contributed by atoms with Crippen LogP contribution in [0.4, 0.5) is 10.1 Å². The van der Waals surface area contributed by atoms with Crippen molar-refractivity contribution >= 4 is 23.4 Å². The van der Waals surface area contributed by atoms with Crippen LogP contribution in [0.3, 0.4) is 0 Å². The molecule has 4 rings (SSSR count). The molecule has 1 N–H and O–H groups in total. The highest BCUT2D eigenvalue weighted by molar-refractivity contribution is 7.99. The van der Waals surface area contributed by atoms with E-state index in [0.29, 0.717) is 16.7 Å². The third-order valence-corrected chi connectivity index (χ3v) is 4.75. The normalized spacial score (nSPS) is 10.8. The van der Waals surface area contributed by atoms with Gasteiger partial charge >= 0.3 is 0 Å². The topological polar surface area (TPSA) is 77.6 Å². The number of nitrogens with one attached hydrogen (secondary N) is 1. The van der Waals surface area contributed by atoms with Crippen molar-refractivity contribution in [3.05, 3.63) is 79.1 Å². The van der Waals surface area contributed by atoms with Crippen LogP contribution in [0.15, 0.2) is 78.5 Å². The Morgan fingerprint density at radius 2 is 1.75 bits per heavy atom. The van der Waals surface area contributed by atoms with Crippen LogP contribution in [-0.2, 0) is 4.79 Å². The Hall–Kier alpha value is -3.46.